The summed E-state index contributed by atoms with van der Waals surface area (Å²) in [5.41, 5.74) is 1.10. The van der Waals surface area contributed by atoms with E-state index in [0.717, 1.165) is 45.6 Å². The maximum absolute atomic E-state index is 13.3. The number of sulfonamides is 1. The van der Waals surface area contributed by atoms with Crippen molar-refractivity contribution in [3.05, 3.63) is 23.3 Å². The molecule has 9 nitrogen and oxygen atoms in total. The summed E-state index contributed by atoms with van der Waals surface area (Å²) in [6.45, 7) is 11.0. The van der Waals surface area contributed by atoms with Crippen molar-refractivity contribution in [1.29, 1.82) is 0 Å². The molecule has 1 N–H and O–H groups in total. The first kappa shape index (κ1) is 30.8. The quantitative estimate of drug-likeness (QED) is 0.422. The van der Waals surface area contributed by atoms with E-state index in [0.29, 0.717) is 23.1 Å². The minimum Gasteiger partial charge on any atom is -0.508 e. The van der Waals surface area contributed by atoms with Gasteiger partial charge in [-0.2, -0.15) is 4.31 Å². The van der Waals surface area contributed by atoms with Crippen molar-refractivity contribution >= 4 is 15.9 Å². The van der Waals surface area contributed by atoms with Crippen LogP contribution in [0.1, 0.15) is 56.6 Å². The van der Waals surface area contributed by atoms with Crippen molar-refractivity contribution in [3.8, 4) is 5.75 Å². The third-order valence-electron chi connectivity index (χ3n) is 8.18. The Morgan fingerprint density at radius 3 is 2.34 bits per heavy atom. The molecule has 0 atom stereocenters. The predicted molar refractivity (Wildman–Crippen MR) is 150 cm³/mol. The monoisotopic (exact) mass is 552 g/mol. The molecule has 38 heavy (non-hydrogen) atoms. The zero-order valence-electron chi connectivity index (χ0n) is 24.1. The van der Waals surface area contributed by atoms with Crippen LogP contribution in [0.4, 0.5) is 0 Å². The lowest BCUT2D eigenvalue weighted by Gasteiger charge is -2.41. The van der Waals surface area contributed by atoms with Gasteiger partial charge in [0, 0.05) is 59.4 Å². The molecule has 1 heterocycles. The number of phenolic OH excluding ortho intramolecular Hbond substituents is 1. The van der Waals surface area contributed by atoms with Gasteiger partial charge >= 0.3 is 0 Å². The number of piperazine rings is 1. The van der Waals surface area contributed by atoms with Gasteiger partial charge in [0.05, 0.1) is 11.5 Å². The van der Waals surface area contributed by atoms with E-state index in [-0.39, 0.29) is 42.2 Å². The molecule has 1 aliphatic carbocycles. The molecular formula is C28H48N4O5S. The van der Waals surface area contributed by atoms with E-state index in [4.69, 9.17) is 4.74 Å². The van der Waals surface area contributed by atoms with Crippen molar-refractivity contribution in [2.75, 3.05) is 73.6 Å². The molecule has 1 aliphatic heterocycles. The third-order valence-corrected chi connectivity index (χ3v) is 10.3. The Morgan fingerprint density at radius 1 is 1.11 bits per heavy atom. The largest absolute Gasteiger partial charge is 0.508 e. The topological polar surface area (TPSA) is 93.6 Å². The molecular weight excluding hydrogens is 504 g/mol. The van der Waals surface area contributed by atoms with Gasteiger partial charge in [-0.25, -0.2) is 8.42 Å². The van der Waals surface area contributed by atoms with Gasteiger partial charge in [0.15, 0.2) is 0 Å². The molecule has 0 aromatic heterocycles. The maximum atomic E-state index is 13.3. The van der Waals surface area contributed by atoms with Gasteiger partial charge in [0.25, 0.3) is 0 Å². The summed E-state index contributed by atoms with van der Waals surface area (Å²) in [4.78, 5) is 19.7. The molecule has 0 unspecified atom stereocenters. The summed E-state index contributed by atoms with van der Waals surface area (Å²) >= 11 is 0. The second kappa shape index (κ2) is 13.6. The number of nitrogens with zero attached hydrogens (tertiary/aromatic N) is 4. The van der Waals surface area contributed by atoms with Crippen molar-refractivity contribution in [1.82, 2.24) is 19.0 Å². The minimum absolute atomic E-state index is 0.0573. The van der Waals surface area contributed by atoms with E-state index >= 15 is 0 Å². The molecule has 216 valence electrons. The maximum Gasteiger partial charge on any atom is 0.248 e. The highest BCUT2D eigenvalue weighted by Gasteiger charge is 2.29. The van der Waals surface area contributed by atoms with Crippen LogP contribution in [0.2, 0.25) is 0 Å². The molecule has 1 aromatic carbocycles. The van der Waals surface area contributed by atoms with E-state index in [1.807, 2.05) is 20.9 Å². The van der Waals surface area contributed by atoms with Gasteiger partial charge in [0.2, 0.25) is 15.9 Å². The highest BCUT2D eigenvalue weighted by molar-refractivity contribution is 7.89. The number of phenols is 1. The highest BCUT2D eigenvalue weighted by atomic mass is 32.2. The lowest BCUT2D eigenvalue weighted by molar-refractivity contribution is -0.135. The number of benzene rings is 1. The summed E-state index contributed by atoms with van der Waals surface area (Å²) in [7, 11) is 1.76. The van der Waals surface area contributed by atoms with Gasteiger partial charge in [-0.15, -0.1) is 0 Å². The number of hydrogen-bond acceptors (Lipinski definition) is 7. The summed E-state index contributed by atoms with van der Waals surface area (Å²) in [5.74, 6) is 0.438. The van der Waals surface area contributed by atoms with E-state index in [1.165, 1.54) is 36.3 Å². The highest BCUT2D eigenvalue weighted by Crippen LogP contribution is 2.32. The number of carbonyl (C=O) groups excluding carboxylic acids is 1. The van der Waals surface area contributed by atoms with Gasteiger partial charge in [-0.3, -0.25) is 9.69 Å². The average molecular weight is 553 g/mol. The fourth-order valence-corrected chi connectivity index (χ4v) is 7.36. The number of aromatic hydroxyl groups is 1. The van der Waals surface area contributed by atoms with E-state index < -0.39 is 10.0 Å². The van der Waals surface area contributed by atoms with Crippen LogP contribution >= 0.6 is 0 Å². The normalized spacial score (nSPS) is 21.8. The number of likely N-dealkylation sites (N-methyl/N-ethyl adjacent to an activating group) is 3. The number of rotatable bonds is 11. The van der Waals surface area contributed by atoms with E-state index in [9.17, 15) is 18.3 Å². The van der Waals surface area contributed by atoms with Gasteiger partial charge in [-0.1, -0.05) is 13.8 Å². The molecule has 0 bridgehead atoms. The van der Waals surface area contributed by atoms with Crippen molar-refractivity contribution < 1.29 is 23.1 Å². The number of hydrogen-bond donors (Lipinski definition) is 1. The Bertz CT molecular complexity index is 1030. The SMILES string of the molecule is Cc1cc(O)cc(C(C)C)c1S(=O)(=O)N(C)CCOCC(=O)N(C)CC1CCC(N2CCN(C)CC2)CC1. The van der Waals surface area contributed by atoms with Gasteiger partial charge in [0.1, 0.15) is 12.4 Å². The molecule has 0 radical (unpaired) electrons. The van der Waals surface area contributed by atoms with Crippen LogP contribution in [0, 0.1) is 12.8 Å². The first-order chi connectivity index (χ1) is 17.9. The summed E-state index contributed by atoms with van der Waals surface area (Å²) in [6, 6.07) is 3.66. The Morgan fingerprint density at radius 2 is 1.74 bits per heavy atom. The first-order valence-corrected chi connectivity index (χ1v) is 15.4. The summed E-state index contributed by atoms with van der Waals surface area (Å²) in [5, 5.41) is 9.95. The first-order valence-electron chi connectivity index (χ1n) is 13.9. The molecule has 1 saturated carbocycles. The lowest BCUT2D eigenvalue weighted by atomic mass is 9.84. The third kappa shape index (κ3) is 7.91. The molecule has 2 fully saturated rings. The Balaban J connectivity index is 1.41. The predicted octanol–water partition coefficient (Wildman–Crippen LogP) is 2.73. The van der Waals surface area contributed by atoms with Crippen LogP contribution in [-0.4, -0.2) is 118 Å². The second-order valence-corrected chi connectivity index (χ2v) is 13.5. The van der Waals surface area contributed by atoms with E-state index in [2.05, 4.69) is 16.8 Å². The van der Waals surface area contributed by atoms with Crippen LogP contribution in [0.15, 0.2) is 17.0 Å². The molecule has 1 aromatic rings. The zero-order chi connectivity index (χ0) is 28.0. The van der Waals surface area contributed by atoms with Crippen LogP contribution in [0.25, 0.3) is 0 Å². The minimum atomic E-state index is -3.77. The molecule has 0 spiro atoms. The summed E-state index contributed by atoms with van der Waals surface area (Å²) in [6.07, 6.45) is 4.69. The number of ether oxygens (including phenoxy) is 1. The second-order valence-electron chi connectivity index (χ2n) is 11.5. The fourth-order valence-electron chi connectivity index (χ4n) is 5.67. The Kier molecular flexibility index (Phi) is 11.0. The molecule has 1 amide bonds. The fraction of sp³-hybridized carbons (Fsp3) is 0.750. The lowest BCUT2D eigenvalue weighted by Crippen LogP contribution is -2.50. The Hall–Kier alpha value is -1.72. The number of amides is 1. The van der Waals surface area contributed by atoms with Gasteiger partial charge < -0.3 is 19.6 Å². The average Bonchev–Trinajstić information content (AvgIpc) is 2.86. The van der Waals surface area contributed by atoms with Crippen molar-refractivity contribution in [3.63, 3.8) is 0 Å². The number of aryl methyl sites for hydroxylation is 1. The molecule has 10 heteroatoms. The van der Waals surface area contributed by atoms with Crippen LogP contribution in [-0.2, 0) is 19.6 Å². The van der Waals surface area contributed by atoms with Crippen molar-refractivity contribution in [2.24, 2.45) is 5.92 Å². The Labute approximate surface area is 229 Å². The van der Waals surface area contributed by atoms with E-state index in [1.54, 1.807) is 11.8 Å². The van der Waals surface area contributed by atoms with Gasteiger partial charge in [-0.05, 0) is 74.8 Å². The van der Waals surface area contributed by atoms with Crippen molar-refractivity contribution in [2.45, 2.75) is 63.3 Å². The van der Waals surface area contributed by atoms with Crippen LogP contribution in [0.5, 0.6) is 5.75 Å². The summed E-state index contributed by atoms with van der Waals surface area (Å²) < 4.78 is 33.4. The number of carbonyl (C=O) groups is 1. The van der Waals surface area contributed by atoms with Crippen LogP contribution in [0.3, 0.4) is 0 Å². The molecule has 3 rings (SSSR count). The zero-order valence-corrected chi connectivity index (χ0v) is 25.0. The standard InChI is InChI=1S/C28H48N4O5S/c1-21(2)26-18-25(33)17-22(3)28(26)38(35,36)31(6)15-16-37-20-27(34)30(5)19-23-7-9-24(10-8-23)32-13-11-29(4)12-14-32/h17-18,21,23-24,33H,7-16,19-20H2,1-6H3. The van der Waals surface area contributed by atoms with Crippen LogP contribution < -0.4 is 0 Å². The smallest absolute Gasteiger partial charge is 0.248 e. The molecule has 1 saturated heterocycles. The molecule has 2 aliphatic rings.